The lowest BCUT2D eigenvalue weighted by atomic mass is 10.1. The number of hydrogen-bond acceptors (Lipinski definition) is 1. The number of halogens is 1. The van der Waals surface area contributed by atoms with E-state index in [-0.39, 0.29) is 5.91 Å². The van der Waals surface area contributed by atoms with Crippen molar-refractivity contribution < 1.29 is 4.79 Å². The molecular formula is C13H14INO. The van der Waals surface area contributed by atoms with Gasteiger partial charge < -0.3 is 5.32 Å². The molecule has 0 aliphatic heterocycles. The molecule has 1 fully saturated rings. The summed E-state index contributed by atoms with van der Waals surface area (Å²) in [5.41, 5.74) is 2.15. The number of rotatable bonds is 3. The van der Waals surface area contributed by atoms with Crippen molar-refractivity contribution in [1.82, 2.24) is 5.32 Å². The maximum atomic E-state index is 11.6. The zero-order chi connectivity index (χ0) is 11.5. The third-order valence-corrected chi connectivity index (χ3v) is 3.51. The lowest BCUT2D eigenvalue weighted by molar-refractivity contribution is -0.116. The van der Waals surface area contributed by atoms with Gasteiger partial charge in [0.05, 0.1) is 0 Å². The van der Waals surface area contributed by atoms with Crippen molar-refractivity contribution in [3.05, 3.63) is 39.5 Å². The molecule has 16 heavy (non-hydrogen) atoms. The number of benzene rings is 1. The fourth-order valence-electron chi connectivity index (χ4n) is 1.53. The highest BCUT2D eigenvalue weighted by atomic mass is 127. The molecule has 84 valence electrons. The minimum atomic E-state index is 0.0275. The summed E-state index contributed by atoms with van der Waals surface area (Å²) in [6.45, 7) is 1.98. The first-order valence-electron chi connectivity index (χ1n) is 5.40. The van der Waals surface area contributed by atoms with Gasteiger partial charge in [0.2, 0.25) is 5.91 Å². The maximum Gasteiger partial charge on any atom is 0.244 e. The van der Waals surface area contributed by atoms with Crippen LogP contribution in [0, 0.1) is 3.57 Å². The highest BCUT2D eigenvalue weighted by Gasteiger charge is 2.22. The SMILES string of the molecule is CC(=CC(=O)NC1CC1)c1ccccc1I. The summed E-state index contributed by atoms with van der Waals surface area (Å²) < 4.78 is 1.17. The van der Waals surface area contributed by atoms with E-state index < -0.39 is 0 Å². The summed E-state index contributed by atoms with van der Waals surface area (Å²) in [4.78, 5) is 11.6. The Morgan fingerprint density at radius 2 is 2.12 bits per heavy atom. The van der Waals surface area contributed by atoms with Crippen molar-refractivity contribution in [3.63, 3.8) is 0 Å². The van der Waals surface area contributed by atoms with Crippen LogP contribution in [0.15, 0.2) is 30.3 Å². The number of nitrogens with one attached hydrogen (secondary N) is 1. The van der Waals surface area contributed by atoms with Crippen molar-refractivity contribution >= 4 is 34.1 Å². The van der Waals surface area contributed by atoms with Gasteiger partial charge in [0.25, 0.3) is 0 Å². The molecule has 1 aromatic carbocycles. The topological polar surface area (TPSA) is 29.1 Å². The molecule has 1 saturated carbocycles. The average molecular weight is 327 g/mol. The Balaban J connectivity index is 2.10. The largest absolute Gasteiger partial charge is 0.350 e. The van der Waals surface area contributed by atoms with Crippen LogP contribution in [0.1, 0.15) is 25.3 Å². The van der Waals surface area contributed by atoms with E-state index in [9.17, 15) is 4.79 Å². The van der Waals surface area contributed by atoms with Gasteiger partial charge in [0.1, 0.15) is 0 Å². The van der Waals surface area contributed by atoms with Gasteiger partial charge in [-0.3, -0.25) is 4.79 Å². The van der Waals surface area contributed by atoms with Gasteiger partial charge in [0, 0.05) is 15.7 Å². The molecule has 0 unspecified atom stereocenters. The van der Waals surface area contributed by atoms with Gasteiger partial charge in [-0.2, -0.15) is 0 Å². The van der Waals surface area contributed by atoms with Crippen LogP contribution in [0.4, 0.5) is 0 Å². The zero-order valence-corrected chi connectivity index (χ0v) is 11.3. The molecule has 1 N–H and O–H groups in total. The number of amides is 1. The lowest BCUT2D eigenvalue weighted by Crippen LogP contribution is -2.23. The van der Waals surface area contributed by atoms with E-state index in [1.807, 2.05) is 31.2 Å². The van der Waals surface area contributed by atoms with Crippen LogP contribution in [-0.2, 0) is 4.79 Å². The molecule has 1 aromatic rings. The number of carbonyl (C=O) groups is 1. The van der Waals surface area contributed by atoms with Gasteiger partial charge in [-0.1, -0.05) is 18.2 Å². The molecule has 0 bridgehead atoms. The van der Waals surface area contributed by atoms with E-state index >= 15 is 0 Å². The van der Waals surface area contributed by atoms with E-state index in [1.54, 1.807) is 6.08 Å². The van der Waals surface area contributed by atoms with Crippen LogP contribution in [0.25, 0.3) is 5.57 Å². The highest BCUT2D eigenvalue weighted by Crippen LogP contribution is 2.21. The first kappa shape index (κ1) is 11.6. The van der Waals surface area contributed by atoms with Crippen molar-refractivity contribution in [1.29, 1.82) is 0 Å². The Kier molecular flexibility index (Phi) is 3.63. The maximum absolute atomic E-state index is 11.6. The second-order valence-corrected chi connectivity index (χ2v) is 5.25. The second kappa shape index (κ2) is 4.99. The minimum Gasteiger partial charge on any atom is -0.350 e. The Labute approximate surface area is 109 Å². The summed E-state index contributed by atoms with van der Waals surface area (Å²) in [6.07, 6.45) is 3.94. The van der Waals surface area contributed by atoms with Crippen LogP contribution >= 0.6 is 22.6 Å². The number of allylic oxidation sites excluding steroid dienone is 1. The van der Waals surface area contributed by atoms with Gasteiger partial charge >= 0.3 is 0 Å². The molecule has 0 spiro atoms. The minimum absolute atomic E-state index is 0.0275. The van der Waals surface area contributed by atoms with Gasteiger partial charge in [-0.05, 0) is 59.6 Å². The normalized spacial score (nSPS) is 16.0. The monoisotopic (exact) mass is 327 g/mol. The summed E-state index contributed by atoms with van der Waals surface area (Å²) in [5, 5.41) is 2.96. The van der Waals surface area contributed by atoms with Crippen LogP contribution in [0.2, 0.25) is 0 Å². The van der Waals surface area contributed by atoms with Crippen molar-refractivity contribution in [2.24, 2.45) is 0 Å². The van der Waals surface area contributed by atoms with Crippen LogP contribution < -0.4 is 5.32 Å². The quantitative estimate of drug-likeness (QED) is 0.671. The van der Waals surface area contributed by atoms with Crippen molar-refractivity contribution in [2.75, 3.05) is 0 Å². The lowest BCUT2D eigenvalue weighted by Gasteiger charge is -2.05. The Morgan fingerprint density at radius 3 is 2.75 bits per heavy atom. The van der Waals surface area contributed by atoms with Gasteiger partial charge in [-0.25, -0.2) is 0 Å². The molecule has 0 heterocycles. The Morgan fingerprint density at radius 1 is 1.44 bits per heavy atom. The number of hydrogen-bond donors (Lipinski definition) is 1. The van der Waals surface area contributed by atoms with Crippen LogP contribution in [0.3, 0.4) is 0 Å². The van der Waals surface area contributed by atoms with Crippen LogP contribution in [0.5, 0.6) is 0 Å². The van der Waals surface area contributed by atoms with E-state index in [4.69, 9.17) is 0 Å². The summed E-state index contributed by atoms with van der Waals surface area (Å²) in [6, 6.07) is 8.51. The molecule has 0 radical (unpaired) electrons. The molecule has 3 heteroatoms. The summed E-state index contributed by atoms with van der Waals surface area (Å²) in [5.74, 6) is 0.0275. The fourth-order valence-corrected chi connectivity index (χ4v) is 2.34. The third kappa shape index (κ3) is 3.07. The first-order chi connectivity index (χ1) is 7.66. The summed E-state index contributed by atoms with van der Waals surface area (Å²) >= 11 is 2.29. The fraction of sp³-hybridized carbons (Fsp3) is 0.308. The zero-order valence-electron chi connectivity index (χ0n) is 9.16. The van der Waals surface area contributed by atoms with Crippen molar-refractivity contribution in [2.45, 2.75) is 25.8 Å². The second-order valence-electron chi connectivity index (χ2n) is 4.09. The van der Waals surface area contributed by atoms with Crippen molar-refractivity contribution in [3.8, 4) is 0 Å². The molecular weight excluding hydrogens is 313 g/mol. The Bertz CT molecular complexity index is 435. The first-order valence-corrected chi connectivity index (χ1v) is 6.48. The van der Waals surface area contributed by atoms with Gasteiger partial charge in [0.15, 0.2) is 0 Å². The molecule has 1 aliphatic carbocycles. The third-order valence-electron chi connectivity index (χ3n) is 2.57. The van der Waals surface area contributed by atoms with E-state index in [0.717, 1.165) is 24.0 Å². The smallest absolute Gasteiger partial charge is 0.244 e. The molecule has 0 saturated heterocycles. The predicted molar refractivity (Wildman–Crippen MR) is 74.0 cm³/mol. The molecule has 0 atom stereocenters. The van der Waals surface area contributed by atoms with E-state index in [2.05, 4.69) is 27.9 Å². The standard InChI is InChI=1S/C13H14INO/c1-9(8-13(16)15-10-6-7-10)11-4-2-3-5-12(11)14/h2-5,8,10H,6-7H2,1H3,(H,15,16). The molecule has 2 nitrogen and oxygen atoms in total. The van der Waals surface area contributed by atoms with Gasteiger partial charge in [-0.15, -0.1) is 0 Å². The molecule has 1 aliphatic rings. The predicted octanol–water partition coefficient (Wildman–Crippen LogP) is 2.97. The number of carbonyl (C=O) groups excluding carboxylic acids is 1. The van der Waals surface area contributed by atoms with Crippen LogP contribution in [-0.4, -0.2) is 11.9 Å². The molecule has 2 rings (SSSR count). The average Bonchev–Trinajstić information content (AvgIpc) is 3.01. The molecule has 1 amide bonds. The Hall–Kier alpha value is -0.840. The molecule has 0 aromatic heterocycles. The van der Waals surface area contributed by atoms with E-state index in [1.165, 1.54) is 3.57 Å². The summed E-state index contributed by atoms with van der Waals surface area (Å²) in [7, 11) is 0. The van der Waals surface area contributed by atoms with E-state index in [0.29, 0.717) is 6.04 Å². The highest BCUT2D eigenvalue weighted by molar-refractivity contribution is 14.1.